The van der Waals surface area contributed by atoms with Crippen LogP contribution in [-0.4, -0.2) is 79.6 Å². The summed E-state index contributed by atoms with van der Waals surface area (Å²) in [6, 6.07) is 3.32. The maximum Gasteiger partial charge on any atom is 0.329 e. The fourth-order valence-corrected chi connectivity index (χ4v) is 2.06. The first-order valence-corrected chi connectivity index (χ1v) is 8.69. The molecule has 0 spiro atoms. The van der Waals surface area contributed by atoms with E-state index in [2.05, 4.69) is 15.4 Å². The molecular formula is C16H22N4O10. The number of anilines is 1. The predicted molar refractivity (Wildman–Crippen MR) is 101 cm³/mol. The number of nitro benzene ring substituents is 2. The molecule has 1 amide bonds. The minimum Gasteiger partial charge on any atom is -0.480 e. The summed E-state index contributed by atoms with van der Waals surface area (Å²) in [6.45, 7) is 0.508. The molecule has 14 heteroatoms. The molecule has 0 fully saturated rings. The number of ether oxygens (including phenoxy) is 3. The van der Waals surface area contributed by atoms with Gasteiger partial charge in [0.2, 0.25) is 5.91 Å². The van der Waals surface area contributed by atoms with Crippen molar-refractivity contribution in [2.45, 2.75) is 0 Å². The van der Waals surface area contributed by atoms with Gasteiger partial charge < -0.3 is 30.0 Å². The number of carbonyl (C=O) groups excluding carboxylic acids is 1. The summed E-state index contributed by atoms with van der Waals surface area (Å²) in [7, 11) is 0. The lowest BCUT2D eigenvalue weighted by molar-refractivity contribution is -0.393. The molecule has 1 aromatic carbocycles. The van der Waals surface area contributed by atoms with E-state index >= 15 is 0 Å². The molecule has 0 heterocycles. The monoisotopic (exact) mass is 430 g/mol. The number of benzene rings is 1. The molecule has 0 aliphatic carbocycles. The van der Waals surface area contributed by atoms with Crippen molar-refractivity contribution >= 4 is 28.9 Å². The third-order valence-corrected chi connectivity index (χ3v) is 3.35. The van der Waals surface area contributed by atoms with Gasteiger partial charge in [-0.25, -0.2) is 4.79 Å². The lowest BCUT2D eigenvalue weighted by Gasteiger charge is -2.09. The number of aliphatic carboxylic acids is 1. The molecule has 1 aromatic rings. The van der Waals surface area contributed by atoms with Crippen molar-refractivity contribution in [1.29, 1.82) is 0 Å². The Hall–Kier alpha value is -3.36. The number of rotatable bonds is 16. The lowest BCUT2D eigenvalue weighted by Crippen LogP contribution is -2.31. The molecule has 30 heavy (non-hydrogen) atoms. The summed E-state index contributed by atoms with van der Waals surface area (Å²) in [6.07, 6.45) is 0. The number of hydrogen-bond acceptors (Lipinski definition) is 10. The van der Waals surface area contributed by atoms with Gasteiger partial charge in [0.15, 0.2) is 0 Å². The highest BCUT2D eigenvalue weighted by Gasteiger charge is 2.18. The van der Waals surface area contributed by atoms with Gasteiger partial charge in [-0.05, 0) is 6.07 Å². The Labute approximate surface area is 170 Å². The second-order valence-electron chi connectivity index (χ2n) is 5.60. The Kier molecular flexibility index (Phi) is 11.3. The molecule has 0 bridgehead atoms. The second-order valence-corrected chi connectivity index (χ2v) is 5.60. The smallest absolute Gasteiger partial charge is 0.329 e. The second kappa shape index (κ2) is 13.8. The largest absolute Gasteiger partial charge is 0.480 e. The van der Waals surface area contributed by atoms with Gasteiger partial charge in [0.1, 0.15) is 18.9 Å². The van der Waals surface area contributed by atoms with E-state index in [0.717, 1.165) is 6.07 Å². The van der Waals surface area contributed by atoms with Crippen molar-refractivity contribution in [3.05, 3.63) is 38.4 Å². The third kappa shape index (κ3) is 10.3. The Bertz CT molecular complexity index is 743. The van der Waals surface area contributed by atoms with E-state index in [0.29, 0.717) is 0 Å². The Morgan fingerprint density at radius 2 is 1.60 bits per heavy atom. The standard InChI is InChI=1S/C16H22N4O10/c21-15(10-30-11-16(22)23)18-4-6-29-8-7-28-5-3-17-13-2-1-12(19(24)25)9-14(13)20(26)27/h1-2,9,17H,3-8,10-11H2,(H,18,21)(H,22,23). The van der Waals surface area contributed by atoms with Crippen LogP contribution in [0.5, 0.6) is 0 Å². The van der Waals surface area contributed by atoms with Gasteiger partial charge >= 0.3 is 5.97 Å². The van der Waals surface area contributed by atoms with Crippen LogP contribution in [0.4, 0.5) is 17.1 Å². The molecule has 1 rings (SSSR count). The third-order valence-electron chi connectivity index (χ3n) is 3.35. The van der Waals surface area contributed by atoms with Crippen LogP contribution in [0.15, 0.2) is 18.2 Å². The summed E-state index contributed by atoms with van der Waals surface area (Å²) in [4.78, 5) is 41.8. The number of carboxylic acid groups (broad SMARTS) is 1. The van der Waals surface area contributed by atoms with Gasteiger partial charge in [-0.1, -0.05) is 0 Å². The summed E-state index contributed by atoms with van der Waals surface area (Å²) >= 11 is 0. The fraction of sp³-hybridized carbons (Fsp3) is 0.500. The van der Waals surface area contributed by atoms with Gasteiger partial charge in [-0.2, -0.15) is 0 Å². The first kappa shape index (κ1) is 24.7. The van der Waals surface area contributed by atoms with Crippen LogP contribution in [0.1, 0.15) is 0 Å². The summed E-state index contributed by atoms with van der Waals surface area (Å²) < 4.78 is 15.1. The van der Waals surface area contributed by atoms with E-state index in [1.807, 2.05) is 0 Å². The number of nitro groups is 2. The molecule has 0 saturated heterocycles. The quantitative estimate of drug-likeness (QED) is 0.184. The van der Waals surface area contributed by atoms with Gasteiger partial charge in [-0.3, -0.25) is 25.0 Å². The molecule has 3 N–H and O–H groups in total. The van der Waals surface area contributed by atoms with Gasteiger partial charge in [0.25, 0.3) is 11.4 Å². The molecule has 166 valence electrons. The normalized spacial score (nSPS) is 10.4. The molecule has 0 aromatic heterocycles. The first-order chi connectivity index (χ1) is 14.3. The lowest BCUT2D eigenvalue weighted by atomic mass is 10.2. The van der Waals surface area contributed by atoms with Crippen LogP contribution in [0.25, 0.3) is 0 Å². The topological polar surface area (TPSA) is 192 Å². The highest BCUT2D eigenvalue weighted by atomic mass is 16.6. The van der Waals surface area contributed by atoms with Crippen LogP contribution < -0.4 is 10.6 Å². The van der Waals surface area contributed by atoms with Gasteiger partial charge in [-0.15, -0.1) is 0 Å². The molecule has 14 nitrogen and oxygen atoms in total. The average Bonchev–Trinajstić information content (AvgIpc) is 2.68. The van der Waals surface area contributed by atoms with Gasteiger partial charge in [0, 0.05) is 19.2 Å². The van der Waals surface area contributed by atoms with E-state index in [1.165, 1.54) is 12.1 Å². The van der Waals surface area contributed by atoms with Crippen LogP contribution >= 0.6 is 0 Å². The zero-order chi connectivity index (χ0) is 22.4. The van der Waals surface area contributed by atoms with Gasteiger partial charge in [0.05, 0.1) is 42.3 Å². The average molecular weight is 430 g/mol. The summed E-state index contributed by atoms with van der Waals surface area (Å²) in [5.74, 6) is -1.62. The van der Waals surface area contributed by atoms with E-state index in [1.54, 1.807) is 0 Å². The van der Waals surface area contributed by atoms with Crippen molar-refractivity contribution in [2.75, 3.05) is 58.0 Å². The Morgan fingerprint density at radius 3 is 2.20 bits per heavy atom. The molecular weight excluding hydrogens is 408 g/mol. The molecule has 0 aliphatic rings. The van der Waals surface area contributed by atoms with Crippen molar-refractivity contribution in [3.8, 4) is 0 Å². The number of nitrogens with one attached hydrogen (secondary N) is 2. The highest BCUT2D eigenvalue weighted by Crippen LogP contribution is 2.28. The van der Waals surface area contributed by atoms with E-state index in [4.69, 9.17) is 14.6 Å². The number of non-ortho nitro benzene ring substituents is 1. The summed E-state index contributed by atoms with van der Waals surface area (Å²) in [5.41, 5.74) is -0.624. The predicted octanol–water partition coefficient (Wildman–Crippen LogP) is 0.166. The molecule has 0 saturated carbocycles. The maximum absolute atomic E-state index is 11.3. The fourth-order valence-electron chi connectivity index (χ4n) is 2.06. The minimum atomic E-state index is -1.16. The van der Waals surface area contributed by atoms with Crippen LogP contribution in [0.2, 0.25) is 0 Å². The number of carboxylic acids is 1. The van der Waals surface area contributed by atoms with Crippen molar-refractivity contribution in [1.82, 2.24) is 5.32 Å². The van der Waals surface area contributed by atoms with Crippen molar-refractivity contribution < 1.29 is 38.8 Å². The molecule has 0 radical (unpaired) electrons. The van der Waals surface area contributed by atoms with Crippen LogP contribution in [0.3, 0.4) is 0 Å². The molecule has 0 atom stereocenters. The van der Waals surface area contributed by atoms with Crippen LogP contribution in [-0.2, 0) is 23.8 Å². The van der Waals surface area contributed by atoms with E-state index in [-0.39, 0.29) is 57.5 Å². The zero-order valence-corrected chi connectivity index (χ0v) is 15.9. The van der Waals surface area contributed by atoms with E-state index < -0.39 is 34.0 Å². The van der Waals surface area contributed by atoms with E-state index in [9.17, 15) is 29.8 Å². The Morgan fingerprint density at radius 1 is 0.933 bits per heavy atom. The van der Waals surface area contributed by atoms with Crippen molar-refractivity contribution in [2.24, 2.45) is 0 Å². The SMILES string of the molecule is O=C(O)COCC(=O)NCCOCCOCCNc1ccc([N+](=O)[O-])cc1[N+](=O)[O-]. The van der Waals surface area contributed by atoms with Crippen LogP contribution in [0, 0.1) is 20.2 Å². The minimum absolute atomic E-state index is 0.147. The number of hydrogen-bond donors (Lipinski definition) is 3. The zero-order valence-electron chi connectivity index (χ0n) is 15.9. The number of carbonyl (C=O) groups is 2. The maximum atomic E-state index is 11.3. The number of amides is 1. The number of nitrogens with zero attached hydrogens (tertiary/aromatic N) is 2. The van der Waals surface area contributed by atoms with Crippen molar-refractivity contribution in [3.63, 3.8) is 0 Å². The Balaban J connectivity index is 2.10. The molecule has 0 aliphatic heterocycles. The molecule has 0 unspecified atom stereocenters. The summed E-state index contributed by atoms with van der Waals surface area (Å²) in [5, 5.41) is 35.3. The highest BCUT2D eigenvalue weighted by molar-refractivity contribution is 5.77. The first-order valence-electron chi connectivity index (χ1n) is 8.69.